The Morgan fingerprint density at radius 1 is 1.15 bits per heavy atom. The summed E-state index contributed by atoms with van der Waals surface area (Å²) in [5, 5.41) is 4.32. The molecule has 0 aliphatic carbocycles. The highest BCUT2D eigenvalue weighted by Crippen LogP contribution is 2.23. The van der Waals surface area contributed by atoms with E-state index in [0.29, 0.717) is 12.3 Å². The third-order valence-electron chi connectivity index (χ3n) is 4.13. The number of nitrogens with two attached hydrogens (primary N) is 1. The Hall–Kier alpha value is -3.08. The van der Waals surface area contributed by atoms with Gasteiger partial charge in [-0.1, -0.05) is 24.3 Å². The van der Waals surface area contributed by atoms with Crippen LogP contribution in [0, 0.1) is 0 Å². The van der Waals surface area contributed by atoms with Gasteiger partial charge in [-0.15, -0.1) is 6.58 Å². The maximum atomic E-state index is 5.91. The Balaban J connectivity index is 1.63. The van der Waals surface area contributed by atoms with Gasteiger partial charge in [0.25, 0.3) is 0 Å². The summed E-state index contributed by atoms with van der Waals surface area (Å²) in [6, 6.07) is 13.8. The van der Waals surface area contributed by atoms with Crippen LogP contribution in [-0.2, 0) is 6.42 Å². The van der Waals surface area contributed by atoms with Gasteiger partial charge in [0.2, 0.25) is 0 Å². The second-order valence-electron chi connectivity index (χ2n) is 6.06. The summed E-state index contributed by atoms with van der Waals surface area (Å²) in [6.07, 6.45) is 6.26. The maximum absolute atomic E-state index is 5.91. The lowest BCUT2D eigenvalue weighted by Crippen LogP contribution is -2.08. The van der Waals surface area contributed by atoms with E-state index in [1.54, 1.807) is 6.33 Å². The van der Waals surface area contributed by atoms with Crippen LogP contribution in [-0.4, -0.2) is 23.1 Å². The number of para-hydroxylation sites is 1. The molecule has 0 aliphatic rings. The Morgan fingerprint density at radius 3 is 2.92 bits per heavy atom. The lowest BCUT2D eigenvalue weighted by Gasteiger charge is -2.12. The predicted octanol–water partition coefficient (Wildman–Crippen LogP) is 4.21. The summed E-state index contributed by atoms with van der Waals surface area (Å²) < 4.78 is 5.91. The zero-order valence-corrected chi connectivity index (χ0v) is 14.8. The van der Waals surface area contributed by atoms with Crippen LogP contribution in [0.4, 0.5) is 11.5 Å². The average molecular weight is 348 g/mol. The predicted molar refractivity (Wildman–Crippen MR) is 108 cm³/mol. The van der Waals surface area contributed by atoms with Gasteiger partial charge in [0.1, 0.15) is 17.9 Å². The number of aromatic nitrogens is 2. The van der Waals surface area contributed by atoms with Crippen molar-refractivity contribution >= 4 is 22.4 Å². The standard InChI is InChI=1S/C21H24N4O/c1-2-3-6-13-26-20-8-5-4-7-16(20)11-12-23-21-18-14-17(22)9-10-19(18)24-15-25-21/h2,4-5,7-10,14-15H,1,3,6,11-13,22H2,(H,23,24,25). The lowest BCUT2D eigenvalue weighted by molar-refractivity contribution is 0.309. The molecule has 1 heterocycles. The monoisotopic (exact) mass is 348 g/mol. The van der Waals surface area contributed by atoms with Crippen LogP contribution in [0.25, 0.3) is 10.9 Å². The van der Waals surface area contributed by atoms with Gasteiger partial charge >= 0.3 is 0 Å². The number of unbranched alkanes of at least 4 members (excludes halogenated alkanes) is 1. The Labute approximate surface area is 153 Å². The van der Waals surface area contributed by atoms with Crippen molar-refractivity contribution in [3.05, 3.63) is 67.0 Å². The fourth-order valence-corrected chi connectivity index (χ4v) is 2.79. The zero-order chi connectivity index (χ0) is 18.2. The van der Waals surface area contributed by atoms with Gasteiger partial charge in [0.05, 0.1) is 12.1 Å². The van der Waals surface area contributed by atoms with E-state index in [-0.39, 0.29) is 0 Å². The molecule has 3 N–H and O–H groups in total. The highest BCUT2D eigenvalue weighted by atomic mass is 16.5. The van der Waals surface area contributed by atoms with Crippen LogP contribution in [0.2, 0.25) is 0 Å². The van der Waals surface area contributed by atoms with Crippen LogP contribution in [0.3, 0.4) is 0 Å². The first-order valence-corrected chi connectivity index (χ1v) is 8.83. The van der Waals surface area contributed by atoms with E-state index in [0.717, 1.165) is 48.3 Å². The molecule has 26 heavy (non-hydrogen) atoms. The lowest BCUT2D eigenvalue weighted by atomic mass is 10.1. The second kappa shape index (κ2) is 8.85. The van der Waals surface area contributed by atoms with Crippen molar-refractivity contribution in [2.75, 3.05) is 24.2 Å². The maximum Gasteiger partial charge on any atom is 0.137 e. The van der Waals surface area contributed by atoms with E-state index >= 15 is 0 Å². The third kappa shape index (κ3) is 4.51. The molecule has 0 bridgehead atoms. The molecule has 0 saturated heterocycles. The summed E-state index contributed by atoms with van der Waals surface area (Å²) in [7, 11) is 0. The summed E-state index contributed by atoms with van der Waals surface area (Å²) >= 11 is 0. The third-order valence-corrected chi connectivity index (χ3v) is 4.13. The number of hydrogen-bond donors (Lipinski definition) is 2. The van der Waals surface area contributed by atoms with Crippen molar-refractivity contribution in [2.45, 2.75) is 19.3 Å². The molecule has 0 amide bonds. The molecule has 0 aliphatic heterocycles. The molecule has 1 aromatic heterocycles. The Morgan fingerprint density at radius 2 is 2.04 bits per heavy atom. The van der Waals surface area contributed by atoms with Crippen LogP contribution < -0.4 is 15.8 Å². The fourth-order valence-electron chi connectivity index (χ4n) is 2.79. The van der Waals surface area contributed by atoms with Gasteiger partial charge in [0, 0.05) is 17.6 Å². The van der Waals surface area contributed by atoms with Crippen LogP contribution >= 0.6 is 0 Å². The SMILES string of the molecule is C=CCCCOc1ccccc1CCNc1ncnc2ccc(N)cc12. The first-order chi connectivity index (χ1) is 12.8. The normalized spacial score (nSPS) is 10.6. The molecule has 0 radical (unpaired) electrons. The number of hydrogen-bond acceptors (Lipinski definition) is 5. The van der Waals surface area contributed by atoms with Crippen LogP contribution in [0.5, 0.6) is 5.75 Å². The summed E-state index contributed by atoms with van der Waals surface area (Å²) in [4.78, 5) is 8.63. The number of fused-ring (bicyclic) bond motifs is 1. The Kier molecular flexibility index (Phi) is 6.04. The minimum absolute atomic E-state index is 0.701. The smallest absolute Gasteiger partial charge is 0.137 e. The zero-order valence-electron chi connectivity index (χ0n) is 14.8. The number of nitrogens with zero attached hydrogens (tertiary/aromatic N) is 2. The van der Waals surface area contributed by atoms with Crippen LogP contribution in [0.15, 0.2) is 61.4 Å². The van der Waals surface area contributed by atoms with Gasteiger partial charge in [-0.05, 0) is 49.1 Å². The molecule has 5 nitrogen and oxygen atoms in total. The number of rotatable bonds is 9. The molecule has 2 aromatic carbocycles. The highest BCUT2D eigenvalue weighted by molar-refractivity contribution is 5.91. The number of benzene rings is 2. The summed E-state index contributed by atoms with van der Waals surface area (Å²) in [5.74, 6) is 1.74. The molecule has 0 fully saturated rings. The van der Waals surface area contributed by atoms with E-state index in [9.17, 15) is 0 Å². The summed E-state index contributed by atoms with van der Waals surface area (Å²) in [6.45, 7) is 5.18. The molecule has 3 rings (SSSR count). The van der Waals surface area contributed by atoms with Crippen molar-refractivity contribution in [3.63, 3.8) is 0 Å². The molecule has 5 heteroatoms. The number of nitrogen functional groups attached to an aromatic ring is 1. The van der Waals surface area contributed by atoms with Crippen molar-refractivity contribution in [1.82, 2.24) is 9.97 Å². The van der Waals surface area contributed by atoms with E-state index in [2.05, 4.69) is 27.9 Å². The van der Waals surface area contributed by atoms with E-state index in [1.165, 1.54) is 5.56 Å². The van der Waals surface area contributed by atoms with Gasteiger partial charge in [-0.25, -0.2) is 9.97 Å². The second-order valence-corrected chi connectivity index (χ2v) is 6.06. The van der Waals surface area contributed by atoms with Gasteiger partial charge in [-0.3, -0.25) is 0 Å². The minimum Gasteiger partial charge on any atom is -0.493 e. The van der Waals surface area contributed by atoms with Gasteiger partial charge < -0.3 is 15.8 Å². The highest BCUT2D eigenvalue weighted by Gasteiger charge is 2.06. The number of nitrogens with one attached hydrogen (secondary N) is 1. The van der Waals surface area contributed by atoms with Crippen molar-refractivity contribution in [3.8, 4) is 5.75 Å². The van der Waals surface area contributed by atoms with E-state index in [4.69, 9.17) is 10.5 Å². The fraction of sp³-hybridized carbons (Fsp3) is 0.238. The quantitative estimate of drug-likeness (QED) is 0.344. The Bertz CT molecular complexity index is 879. The van der Waals surface area contributed by atoms with Crippen LogP contribution in [0.1, 0.15) is 18.4 Å². The first-order valence-electron chi connectivity index (χ1n) is 8.83. The minimum atomic E-state index is 0.701. The average Bonchev–Trinajstić information content (AvgIpc) is 2.66. The van der Waals surface area contributed by atoms with Gasteiger partial charge in [-0.2, -0.15) is 0 Å². The molecule has 0 saturated carbocycles. The topological polar surface area (TPSA) is 73.1 Å². The van der Waals surface area contributed by atoms with E-state index in [1.807, 2.05) is 42.5 Å². The number of ether oxygens (including phenoxy) is 1. The van der Waals surface area contributed by atoms with Gasteiger partial charge in [0.15, 0.2) is 0 Å². The summed E-state index contributed by atoms with van der Waals surface area (Å²) in [5.41, 5.74) is 8.65. The molecular formula is C21H24N4O. The molecule has 0 unspecified atom stereocenters. The largest absolute Gasteiger partial charge is 0.493 e. The number of allylic oxidation sites excluding steroid dienone is 1. The molecule has 134 valence electrons. The molecular weight excluding hydrogens is 324 g/mol. The molecule has 0 spiro atoms. The van der Waals surface area contributed by atoms with E-state index < -0.39 is 0 Å². The van der Waals surface area contributed by atoms with Crippen molar-refractivity contribution < 1.29 is 4.74 Å². The van der Waals surface area contributed by atoms with Crippen molar-refractivity contribution in [2.24, 2.45) is 0 Å². The first kappa shape index (κ1) is 17.7. The number of anilines is 2. The molecule has 0 atom stereocenters. The van der Waals surface area contributed by atoms with Crippen molar-refractivity contribution in [1.29, 1.82) is 0 Å². The molecule has 3 aromatic rings.